The minimum atomic E-state index is -0.288. The Morgan fingerprint density at radius 3 is 2.62 bits per heavy atom. The molecule has 3 N–H and O–H groups in total. The summed E-state index contributed by atoms with van der Waals surface area (Å²) in [5.41, 5.74) is 8.28. The number of rotatable bonds is 8. The Labute approximate surface area is 143 Å². The average Bonchev–Trinajstić information content (AvgIpc) is 3.10. The van der Waals surface area contributed by atoms with Gasteiger partial charge in [-0.05, 0) is 36.5 Å². The fourth-order valence-corrected chi connectivity index (χ4v) is 2.44. The molecule has 1 amide bonds. The molecule has 0 spiro atoms. The Morgan fingerprint density at radius 1 is 1.29 bits per heavy atom. The molecule has 0 saturated carbocycles. The van der Waals surface area contributed by atoms with Crippen LogP contribution in [0.15, 0.2) is 34.9 Å². The van der Waals surface area contributed by atoms with Crippen molar-refractivity contribution in [3.8, 4) is 0 Å². The van der Waals surface area contributed by atoms with Gasteiger partial charge < -0.3 is 15.5 Å². The summed E-state index contributed by atoms with van der Waals surface area (Å²) < 4.78 is 5.35. The predicted molar refractivity (Wildman–Crippen MR) is 96.1 cm³/mol. The molecule has 2 aromatic rings. The molecule has 2 unspecified atom stereocenters. The summed E-state index contributed by atoms with van der Waals surface area (Å²) in [7, 11) is 0. The molecule has 1 heterocycles. The van der Waals surface area contributed by atoms with Crippen molar-refractivity contribution >= 4 is 11.6 Å². The summed E-state index contributed by atoms with van der Waals surface area (Å²) in [6.45, 7) is 6.45. The number of benzene rings is 1. The number of anilines is 1. The van der Waals surface area contributed by atoms with Crippen LogP contribution in [0.2, 0.25) is 0 Å². The molecule has 0 aliphatic carbocycles. The van der Waals surface area contributed by atoms with Crippen molar-refractivity contribution in [1.29, 1.82) is 0 Å². The van der Waals surface area contributed by atoms with E-state index in [0.29, 0.717) is 11.8 Å². The first-order valence-corrected chi connectivity index (χ1v) is 8.67. The van der Waals surface area contributed by atoms with Gasteiger partial charge in [0.05, 0.1) is 6.04 Å². The highest BCUT2D eigenvalue weighted by molar-refractivity contribution is 6.02. The van der Waals surface area contributed by atoms with Crippen LogP contribution >= 0.6 is 0 Å². The highest BCUT2D eigenvalue weighted by Crippen LogP contribution is 2.21. The number of nitrogens with one attached hydrogen (secondary N) is 1. The third-order valence-electron chi connectivity index (χ3n) is 4.29. The van der Waals surface area contributed by atoms with Gasteiger partial charge in [-0.3, -0.25) is 4.79 Å². The van der Waals surface area contributed by atoms with Crippen molar-refractivity contribution < 1.29 is 9.21 Å². The molecule has 0 aliphatic rings. The number of carbonyl (C=O) groups is 1. The molecule has 2 rings (SSSR count). The van der Waals surface area contributed by atoms with Gasteiger partial charge in [0.1, 0.15) is 6.26 Å². The zero-order chi connectivity index (χ0) is 17.5. The first-order valence-electron chi connectivity index (χ1n) is 8.67. The lowest BCUT2D eigenvalue weighted by molar-refractivity contribution is 0.102. The monoisotopic (exact) mass is 329 g/mol. The van der Waals surface area contributed by atoms with E-state index in [1.54, 1.807) is 0 Å². The van der Waals surface area contributed by atoms with E-state index in [1.807, 2.05) is 24.3 Å². The zero-order valence-electron chi connectivity index (χ0n) is 14.7. The smallest absolute Gasteiger partial charge is 0.277 e. The Balaban J connectivity index is 1.98. The second kappa shape index (κ2) is 8.64. The number of hydrogen-bond donors (Lipinski definition) is 2. The van der Waals surface area contributed by atoms with Crippen LogP contribution < -0.4 is 11.1 Å². The molecule has 5 nitrogen and oxygen atoms in total. The number of hydrogen-bond acceptors (Lipinski definition) is 4. The Hall–Kier alpha value is -2.14. The van der Waals surface area contributed by atoms with Crippen LogP contribution in [0.3, 0.4) is 0 Å². The number of aromatic nitrogens is 1. The lowest BCUT2D eigenvalue weighted by Gasteiger charge is -2.10. The Morgan fingerprint density at radius 2 is 2.00 bits per heavy atom. The van der Waals surface area contributed by atoms with Gasteiger partial charge in [0.15, 0.2) is 5.69 Å². The summed E-state index contributed by atoms with van der Waals surface area (Å²) in [6, 6.07) is 7.64. The van der Waals surface area contributed by atoms with Crippen molar-refractivity contribution in [2.24, 2.45) is 5.73 Å². The van der Waals surface area contributed by atoms with Crippen LogP contribution in [-0.4, -0.2) is 10.9 Å². The first kappa shape index (κ1) is 18.2. The maximum absolute atomic E-state index is 12.3. The summed E-state index contributed by atoms with van der Waals surface area (Å²) in [5.74, 6) is 0.641. The first-order chi connectivity index (χ1) is 11.5. The third-order valence-corrected chi connectivity index (χ3v) is 4.29. The summed E-state index contributed by atoms with van der Waals surface area (Å²) >= 11 is 0. The zero-order valence-corrected chi connectivity index (χ0v) is 14.7. The predicted octanol–water partition coefficient (Wildman–Crippen LogP) is 4.63. The molecule has 5 heteroatoms. The second-order valence-electron chi connectivity index (χ2n) is 6.21. The van der Waals surface area contributed by atoms with Gasteiger partial charge in [0.2, 0.25) is 5.89 Å². The minimum absolute atomic E-state index is 0.253. The van der Waals surface area contributed by atoms with Gasteiger partial charge >= 0.3 is 0 Å². The molecule has 0 bridgehead atoms. The van der Waals surface area contributed by atoms with Gasteiger partial charge in [-0.1, -0.05) is 45.7 Å². The maximum Gasteiger partial charge on any atom is 0.277 e. The molecular formula is C19H27N3O2. The lowest BCUT2D eigenvalue weighted by Crippen LogP contribution is -2.14. The highest BCUT2D eigenvalue weighted by Gasteiger charge is 2.17. The quantitative estimate of drug-likeness (QED) is 0.740. The number of amides is 1. The van der Waals surface area contributed by atoms with Crippen LogP contribution in [0.1, 0.15) is 80.4 Å². The van der Waals surface area contributed by atoms with Gasteiger partial charge in [-0.25, -0.2) is 4.98 Å². The molecule has 2 atom stereocenters. The number of carbonyl (C=O) groups excluding carboxylic acids is 1. The van der Waals surface area contributed by atoms with Crippen LogP contribution in [0.25, 0.3) is 0 Å². The molecule has 0 fully saturated rings. The second-order valence-corrected chi connectivity index (χ2v) is 6.21. The molecule has 0 aliphatic heterocycles. The summed E-state index contributed by atoms with van der Waals surface area (Å²) in [5, 5.41) is 2.84. The average molecular weight is 329 g/mol. The van der Waals surface area contributed by atoms with E-state index in [4.69, 9.17) is 10.2 Å². The van der Waals surface area contributed by atoms with Gasteiger partial charge in [-0.2, -0.15) is 0 Å². The van der Waals surface area contributed by atoms with Crippen LogP contribution in [0.5, 0.6) is 0 Å². The molecule has 24 heavy (non-hydrogen) atoms. The van der Waals surface area contributed by atoms with Crippen molar-refractivity contribution in [1.82, 2.24) is 4.98 Å². The van der Waals surface area contributed by atoms with E-state index in [-0.39, 0.29) is 17.6 Å². The number of unbranched alkanes of at least 4 members (excludes halogenated alkanes) is 1. The van der Waals surface area contributed by atoms with Crippen LogP contribution in [-0.2, 0) is 0 Å². The van der Waals surface area contributed by atoms with E-state index in [0.717, 1.165) is 31.4 Å². The van der Waals surface area contributed by atoms with Gasteiger partial charge in [-0.15, -0.1) is 0 Å². The van der Waals surface area contributed by atoms with Crippen molar-refractivity contribution in [2.75, 3.05) is 5.32 Å². The molecule has 130 valence electrons. The van der Waals surface area contributed by atoms with Crippen LogP contribution in [0.4, 0.5) is 5.69 Å². The molecule has 1 aromatic heterocycles. The van der Waals surface area contributed by atoms with Crippen LogP contribution in [0, 0.1) is 0 Å². The Bertz CT molecular complexity index is 649. The number of oxazole rings is 1. The fraction of sp³-hybridized carbons (Fsp3) is 0.474. The number of nitrogens with zero attached hydrogens (tertiary/aromatic N) is 1. The van der Waals surface area contributed by atoms with Gasteiger partial charge in [0, 0.05) is 5.69 Å². The highest BCUT2D eigenvalue weighted by atomic mass is 16.3. The van der Waals surface area contributed by atoms with E-state index < -0.39 is 0 Å². The summed E-state index contributed by atoms with van der Waals surface area (Å²) in [4.78, 5) is 16.5. The molecule has 1 aromatic carbocycles. The van der Waals surface area contributed by atoms with Crippen molar-refractivity contribution in [3.63, 3.8) is 0 Å². The van der Waals surface area contributed by atoms with E-state index in [2.05, 4.69) is 31.1 Å². The largest absolute Gasteiger partial charge is 0.446 e. The van der Waals surface area contributed by atoms with E-state index in [1.165, 1.54) is 11.8 Å². The van der Waals surface area contributed by atoms with E-state index in [9.17, 15) is 4.79 Å². The Kier molecular flexibility index (Phi) is 6.55. The molecule has 0 radical (unpaired) electrons. The van der Waals surface area contributed by atoms with Crippen molar-refractivity contribution in [2.45, 2.75) is 58.4 Å². The normalized spacial score (nSPS) is 13.5. The minimum Gasteiger partial charge on any atom is -0.446 e. The van der Waals surface area contributed by atoms with Gasteiger partial charge in [0.25, 0.3) is 5.91 Å². The standard InChI is InChI=1S/C19H27N3O2/c1-4-6-7-16(20)19-22-17(12-24-19)18(23)21-15-10-8-14(9-11-15)13(3)5-2/h8-13,16H,4-7,20H2,1-3H3,(H,21,23). The number of nitrogens with two attached hydrogens (primary N) is 1. The molecular weight excluding hydrogens is 302 g/mol. The maximum atomic E-state index is 12.3. The fourth-order valence-electron chi connectivity index (χ4n) is 2.44. The SMILES string of the molecule is CCCCC(N)c1nc(C(=O)Nc2ccc(C(C)CC)cc2)co1. The molecule has 0 saturated heterocycles. The lowest BCUT2D eigenvalue weighted by atomic mass is 9.99. The topological polar surface area (TPSA) is 81.1 Å². The third kappa shape index (κ3) is 4.68. The van der Waals surface area contributed by atoms with Crippen molar-refractivity contribution in [3.05, 3.63) is 47.7 Å². The summed E-state index contributed by atoms with van der Waals surface area (Å²) in [6.07, 6.45) is 5.33. The van der Waals surface area contributed by atoms with E-state index >= 15 is 0 Å².